The second-order valence-corrected chi connectivity index (χ2v) is 4.44. The number of nitrogens with one attached hydrogen (secondary N) is 1. The number of furan rings is 1. The number of anilines is 1. The highest BCUT2D eigenvalue weighted by atomic mass is 16.6. The van der Waals surface area contributed by atoms with Crippen molar-refractivity contribution >= 4 is 11.4 Å². The molecule has 0 radical (unpaired) electrons. The molecule has 0 saturated carbocycles. The van der Waals surface area contributed by atoms with Crippen LogP contribution < -0.4 is 5.32 Å². The lowest BCUT2D eigenvalue weighted by molar-refractivity contribution is -0.384. The van der Waals surface area contributed by atoms with E-state index in [0.29, 0.717) is 5.69 Å². The molecule has 0 aliphatic carbocycles. The minimum atomic E-state index is -0.373. The van der Waals surface area contributed by atoms with Gasteiger partial charge in [0.25, 0.3) is 5.69 Å². The summed E-state index contributed by atoms with van der Waals surface area (Å²) in [6, 6.07) is 10.6. The lowest BCUT2D eigenvalue weighted by atomic mass is 10.1. The van der Waals surface area contributed by atoms with Gasteiger partial charge in [0.1, 0.15) is 11.4 Å². The van der Waals surface area contributed by atoms with E-state index in [1.807, 2.05) is 19.1 Å². The summed E-state index contributed by atoms with van der Waals surface area (Å²) in [6.07, 6.45) is 3.30. The number of nitro groups is 1. The van der Waals surface area contributed by atoms with Crippen molar-refractivity contribution in [3.8, 4) is 0 Å². The van der Waals surface area contributed by atoms with Crippen LogP contribution in [0.5, 0.6) is 0 Å². The Labute approximate surface area is 111 Å². The fourth-order valence-electron chi connectivity index (χ4n) is 1.91. The zero-order chi connectivity index (χ0) is 13.7. The molecule has 5 heteroatoms. The molecule has 2 aromatic rings. The van der Waals surface area contributed by atoms with Crippen molar-refractivity contribution in [2.75, 3.05) is 5.32 Å². The fourth-order valence-corrected chi connectivity index (χ4v) is 1.91. The number of rotatable bonds is 6. The Balaban J connectivity index is 1.95. The Morgan fingerprint density at radius 2 is 2.11 bits per heavy atom. The van der Waals surface area contributed by atoms with E-state index in [-0.39, 0.29) is 16.7 Å². The molecule has 1 heterocycles. The normalized spacial score (nSPS) is 12.1. The number of nitro benzene ring substituents is 1. The van der Waals surface area contributed by atoms with Gasteiger partial charge >= 0.3 is 0 Å². The number of hydrogen-bond acceptors (Lipinski definition) is 4. The summed E-state index contributed by atoms with van der Waals surface area (Å²) in [7, 11) is 0. The van der Waals surface area contributed by atoms with Crippen molar-refractivity contribution in [2.45, 2.75) is 25.8 Å². The SMILES string of the molecule is CC(CCc1ccco1)Nc1ccccc1[N+](=O)[O-]. The molecule has 1 unspecified atom stereocenters. The molecule has 1 N–H and O–H groups in total. The molecule has 5 nitrogen and oxygen atoms in total. The van der Waals surface area contributed by atoms with Gasteiger partial charge in [-0.1, -0.05) is 12.1 Å². The zero-order valence-electron chi connectivity index (χ0n) is 10.7. The molecule has 0 aliphatic heterocycles. The minimum absolute atomic E-state index is 0.104. The van der Waals surface area contributed by atoms with Gasteiger partial charge in [-0.3, -0.25) is 10.1 Å². The van der Waals surface area contributed by atoms with Crippen molar-refractivity contribution in [3.05, 3.63) is 58.5 Å². The molecule has 0 saturated heterocycles. The van der Waals surface area contributed by atoms with Crippen LogP contribution in [0.15, 0.2) is 47.1 Å². The number of para-hydroxylation sites is 2. The molecule has 2 rings (SSSR count). The van der Waals surface area contributed by atoms with Crippen LogP contribution in [0.4, 0.5) is 11.4 Å². The van der Waals surface area contributed by atoms with Gasteiger partial charge in [0.15, 0.2) is 0 Å². The maximum atomic E-state index is 10.9. The first kappa shape index (κ1) is 13.1. The van der Waals surface area contributed by atoms with Crippen LogP contribution in [0.1, 0.15) is 19.1 Å². The third kappa shape index (κ3) is 3.58. The molecule has 0 aliphatic rings. The van der Waals surface area contributed by atoms with E-state index >= 15 is 0 Å². The Morgan fingerprint density at radius 3 is 2.79 bits per heavy atom. The van der Waals surface area contributed by atoms with Gasteiger partial charge in [-0.25, -0.2) is 0 Å². The van der Waals surface area contributed by atoms with Crippen LogP contribution in [-0.4, -0.2) is 11.0 Å². The smallest absolute Gasteiger partial charge is 0.292 e. The van der Waals surface area contributed by atoms with Crippen molar-refractivity contribution in [1.82, 2.24) is 0 Å². The zero-order valence-corrected chi connectivity index (χ0v) is 10.7. The highest BCUT2D eigenvalue weighted by Crippen LogP contribution is 2.24. The maximum Gasteiger partial charge on any atom is 0.292 e. The predicted molar refractivity (Wildman–Crippen MR) is 73.2 cm³/mol. The third-order valence-electron chi connectivity index (χ3n) is 2.91. The maximum absolute atomic E-state index is 10.9. The fraction of sp³-hybridized carbons (Fsp3) is 0.286. The quantitative estimate of drug-likeness (QED) is 0.636. The van der Waals surface area contributed by atoms with Crippen LogP contribution in [0.3, 0.4) is 0 Å². The second kappa shape index (κ2) is 6.04. The first-order chi connectivity index (χ1) is 9.16. The third-order valence-corrected chi connectivity index (χ3v) is 2.91. The van der Waals surface area contributed by atoms with Crippen molar-refractivity contribution in [3.63, 3.8) is 0 Å². The molecule has 0 fully saturated rings. The first-order valence-electron chi connectivity index (χ1n) is 6.19. The largest absolute Gasteiger partial charge is 0.469 e. The van der Waals surface area contributed by atoms with E-state index in [0.717, 1.165) is 18.6 Å². The molecule has 0 bridgehead atoms. The number of nitrogens with zero attached hydrogens (tertiary/aromatic N) is 1. The molecule has 1 aromatic heterocycles. The van der Waals surface area contributed by atoms with E-state index in [1.54, 1.807) is 24.5 Å². The Morgan fingerprint density at radius 1 is 1.32 bits per heavy atom. The molecule has 0 spiro atoms. The van der Waals surface area contributed by atoms with Crippen molar-refractivity contribution in [2.24, 2.45) is 0 Å². The summed E-state index contributed by atoms with van der Waals surface area (Å²) in [4.78, 5) is 10.5. The second-order valence-electron chi connectivity index (χ2n) is 4.44. The first-order valence-corrected chi connectivity index (χ1v) is 6.19. The van der Waals surface area contributed by atoms with E-state index in [2.05, 4.69) is 5.32 Å². The standard InChI is InChI=1S/C14H16N2O3/c1-11(8-9-12-5-4-10-19-12)15-13-6-2-3-7-14(13)16(17)18/h2-7,10-11,15H,8-9H2,1H3. The van der Waals surface area contributed by atoms with Gasteiger partial charge < -0.3 is 9.73 Å². The average molecular weight is 260 g/mol. The Bertz CT molecular complexity index is 537. The molecule has 1 aromatic carbocycles. The molecule has 100 valence electrons. The highest BCUT2D eigenvalue weighted by Gasteiger charge is 2.14. The van der Waals surface area contributed by atoms with E-state index in [1.165, 1.54) is 6.07 Å². The van der Waals surface area contributed by atoms with E-state index < -0.39 is 0 Å². The molecule has 0 amide bonds. The van der Waals surface area contributed by atoms with Crippen molar-refractivity contribution < 1.29 is 9.34 Å². The van der Waals surface area contributed by atoms with Crippen LogP contribution in [0, 0.1) is 10.1 Å². The summed E-state index contributed by atoms with van der Waals surface area (Å²) >= 11 is 0. The summed E-state index contributed by atoms with van der Waals surface area (Å²) < 4.78 is 5.26. The van der Waals surface area contributed by atoms with E-state index in [4.69, 9.17) is 4.42 Å². The molecular weight excluding hydrogens is 244 g/mol. The summed E-state index contributed by atoms with van der Waals surface area (Å²) in [5.74, 6) is 0.927. The van der Waals surface area contributed by atoms with Crippen molar-refractivity contribution in [1.29, 1.82) is 0 Å². The number of aryl methyl sites for hydroxylation is 1. The van der Waals surface area contributed by atoms with E-state index in [9.17, 15) is 10.1 Å². The topological polar surface area (TPSA) is 68.3 Å². The summed E-state index contributed by atoms with van der Waals surface area (Å²) in [5, 5.41) is 14.1. The number of benzene rings is 1. The number of hydrogen-bond donors (Lipinski definition) is 1. The average Bonchev–Trinajstić information content (AvgIpc) is 2.90. The van der Waals surface area contributed by atoms with Gasteiger partial charge in [-0.15, -0.1) is 0 Å². The highest BCUT2D eigenvalue weighted by molar-refractivity contribution is 5.61. The van der Waals surface area contributed by atoms with Gasteiger partial charge in [-0.05, 0) is 31.5 Å². The van der Waals surface area contributed by atoms with Gasteiger partial charge in [0.2, 0.25) is 0 Å². The summed E-state index contributed by atoms with van der Waals surface area (Å²) in [5.41, 5.74) is 0.659. The van der Waals surface area contributed by atoms with Crippen LogP contribution in [0.25, 0.3) is 0 Å². The Hall–Kier alpha value is -2.30. The monoisotopic (exact) mass is 260 g/mol. The Kier molecular flexibility index (Phi) is 4.18. The molecule has 1 atom stereocenters. The molecule has 19 heavy (non-hydrogen) atoms. The lowest BCUT2D eigenvalue weighted by Crippen LogP contribution is -2.16. The lowest BCUT2D eigenvalue weighted by Gasteiger charge is -2.14. The predicted octanol–water partition coefficient (Wildman–Crippen LogP) is 3.62. The minimum Gasteiger partial charge on any atom is -0.469 e. The van der Waals surface area contributed by atoms with Crippen LogP contribution >= 0.6 is 0 Å². The molecular formula is C14H16N2O3. The van der Waals surface area contributed by atoms with Crippen LogP contribution in [0.2, 0.25) is 0 Å². The van der Waals surface area contributed by atoms with Gasteiger partial charge in [0, 0.05) is 18.5 Å². The van der Waals surface area contributed by atoms with Crippen LogP contribution in [-0.2, 0) is 6.42 Å². The summed E-state index contributed by atoms with van der Waals surface area (Å²) in [6.45, 7) is 2.00. The van der Waals surface area contributed by atoms with Gasteiger partial charge in [0.05, 0.1) is 11.2 Å². The van der Waals surface area contributed by atoms with Gasteiger partial charge in [-0.2, -0.15) is 0 Å².